The van der Waals surface area contributed by atoms with Gasteiger partial charge < -0.3 is 9.73 Å². The molecule has 5 nitrogen and oxygen atoms in total. The third-order valence-corrected chi connectivity index (χ3v) is 6.11. The van der Waals surface area contributed by atoms with E-state index in [1.54, 1.807) is 48.5 Å². The van der Waals surface area contributed by atoms with E-state index in [1.165, 1.54) is 18.4 Å². The average Bonchev–Trinajstić information content (AvgIpc) is 3.16. The molecule has 3 rings (SSSR count). The lowest BCUT2D eigenvalue weighted by Crippen LogP contribution is -2.31. The molecule has 1 aromatic heterocycles. The van der Waals surface area contributed by atoms with Crippen molar-refractivity contribution in [1.82, 2.24) is 5.32 Å². The molecule has 3 aromatic rings. The van der Waals surface area contributed by atoms with Crippen molar-refractivity contribution in [3.8, 4) is 0 Å². The van der Waals surface area contributed by atoms with Gasteiger partial charge in [0.15, 0.2) is 9.84 Å². The first-order chi connectivity index (χ1) is 12.5. The fraction of sp³-hybridized carbons (Fsp3) is 0.150. The fourth-order valence-corrected chi connectivity index (χ4v) is 4.29. The number of carbonyl (C=O) groups is 1. The van der Waals surface area contributed by atoms with E-state index < -0.39 is 15.1 Å². The minimum absolute atomic E-state index is 0.0858. The lowest BCUT2D eigenvalue weighted by Gasteiger charge is -2.17. The number of rotatable bonds is 6. The number of nitrogens with one attached hydrogen (secondary N) is 1. The maximum absolute atomic E-state index is 13.0. The summed E-state index contributed by atoms with van der Waals surface area (Å²) in [7, 11) is -3.72. The van der Waals surface area contributed by atoms with Crippen LogP contribution in [0.4, 0.5) is 0 Å². The Morgan fingerprint density at radius 3 is 2.46 bits per heavy atom. The molecule has 0 spiro atoms. The zero-order chi connectivity index (χ0) is 18.6. The van der Waals surface area contributed by atoms with E-state index in [4.69, 9.17) is 4.42 Å². The molecule has 0 saturated heterocycles. The second-order valence-electron chi connectivity index (χ2n) is 5.94. The Kier molecular flexibility index (Phi) is 5.23. The van der Waals surface area contributed by atoms with Crippen LogP contribution in [0.15, 0.2) is 82.3 Å². The monoisotopic (exact) mass is 369 g/mol. The van der Waals surface area contributed by atoms with E-state index >= 15 is 0 Å². The third-order valence-electron chi connectivity index (χ3n) is 4.04. The first-order valence-electron chi connectivity index (χ1n) is 8.15. The number of aryl methyl sites for hydroxylation is 1. The SMILES string of the molecule is Cc1cccc(C(=O)NCC(c2ccco2)S(=O)(=O)c2ccccc2)c1. The van der Waals surface area contributed by atoms with Gasteiger partial charge in [0.1, 0.15) is 11.0 Å². The molecule has 1 unspecified atom stereocenters. The largest absolute Gasteiger partial charge is 0.468 e. The second-order valence-corrected chi connectivity index (χ2v) is 8.07. The molecule has 1 amide bonds. The highest BCUT2D eigenvalue weighted by Gasteiger charge is 2.31. The summed E-state index contributed by atoms with van der Waals surface area (Å²) in [5.74, 6) is -0.0353. The van der Waals surface area contributed by atoms with E-state index in [0.717, 1.165) is 5.56 Å². The highest BCUT2D eigenvalue weighted by atomic mass is 32.2. The summed E-state index contributed by atoms with van der Waals surface area (Å²) in [6.45, 7) is 1.81. The minimum Gasteiger partial charge on any atom is -0.468 e. The molecule has 1 N–H and O–H groups in total. The van der Waals surface area contributed by atoms with Crippen LogP contribution in [0, 0.1) is 6.92 Å². The van der Waals surface area contributed by atoms with Crippen molar-refractivity contribution >= 4 is 15.7 Å². The minimum atomic E-state index is -3.72. The number of hydrogen-bond acceptors (Lipinski definition) is 4. The molecule has 0 bridgehead atoms. The van der Waals surface area contributed by atoms with Gasteiger partial charge in [-0.2, -0.15) is 0 Å². The molecule has 1 heterocycles. The van der Waals surface area contributed by atoms with Gasteiger partial charge in [-0.05, 0) is 43.3 Å². The second kappa shape index (κ2) is 7.58. The first-order valence-corrected chi connectivity index (χ1v) is 9.70. The lowest BCUT2D eigenvalue weighted by atomic mass is 10.1. The van der Waals surface area contributed by atoms with Gasteiger partial charge in [0.2, 0.25) is 0 Å². The van der Waals surface area contributed by atoms with E-state index in [9.17, 15) is 13.2 Å². The molecule has 0 aliphatic rings. The molecule has 0 fully saturated rings. The Labute approximate surface area is 152 Å². The van der Waals surface area contributed by atoms with Crippen molar-refractivity contribution in [2.45, 2.75) is 17.1 Å². The van der Waals surface area contributed by atoms with Crippen LogP contribution in [0.1, 0.15) is 26.9 Å². The standard InChI is InChI=1S/C20H19NO4S/c1-15-7-5-8-16(13-15)20(22)21-14-19(18-11-6-12-25-18)26(23,24)17-9-3-2-4-10-17/h2-13,19H,14H2,1H3,(H,21,22). The van der Waals surface area contributed by atoms with E-state index in [0.29, 0.717) is 11.3 Å². The van der Waals surface area contributed by atoms with Crippen molar-refractivity contribution < 1.29 is 17.6 Å². The number of benzene rings is 2. The van der Waals surface area contributed by atoms with Gasteiger partial charge in [-0.3, -0.25) is 4.79 Å². The summed E-state index contributed by atoms with van der Waals surface area (Å²) in [5.41, 5.74) is 1.44. The summed E-state index contributed by atoms with van der Waals surface area (Å²) < 4.78 is 31.4. The van der Waals surface area contributed by atoms with Crippen molar-refractivity contribution in [1.29, 1.82) is 0 Å². The number of hydrogen-bond donors (Lipinski definition) is 1. The molecule has 0 saturated carbocycles. The number of amides is 1. The summed E-state index contributed by atoms with van der Waals surface area (Å²) in [6, 6.07) is 18.5. The quantitative estimate of drug-likeness (QED) is 0.721. The Morgan fingerprint density at radius 1 is 1.04 bits per heavy atom. The van der Waals surface area contributed by atoms with E-state index in [1.807, 2.05) is 13.0 Å². The van der Waals surface area contributed by atoms with Gasteiger partial charge in [-0.25, -0.2) is 8.42 Å². The Morgan fingerprint density at radius 2 is 1.81 bits per heavy atom. The predicted octanol–water partition coefficient (Wildman–Crippen LogP) is 3.53. The molecule has 0 aliphatic carbocycles. The molecular weight excluding hydrogens is 350 g/mol. The molecule has 2 aromatic carbocycles. The van der Waals surface area contributed by atoms with Crippen LogP contribution >= 0.6 is 0 Å². The first kappa shape index (κ1) is 17.9. The van der Waals surface area contributed by atoms with Gasteiger partial charge in [0, 0.05) is 12.1 Å². The van der Waals surface area contributed by atoms with E-state index in [-0.39, 0.29) is 17.3 Å². The van der Waals surface area contributed by atoms with Gasteiger partial charge >= 0.3 is 0 Å². The zero-order valence-corrected chi connectivity index (χ0v) is 15.1. The number of carbonyl (C=O) groups excluding carboxylic acids is 1. The third kappa shape index (κ3) is 3.86. The topological polar surface area (TPSA) is 76.4 Å². The molecule has 6 heteroatoms. The molecular formula is C20H19NO4S. The van der Waals surface area contributed by atoms with Gasteiger partial charge in [0.05, 0.1) is 11.2 Å². The summed E-state index contributed by atoms with van der Waals surface area (Å²) in [5, 5.41) is 1.71. The van der Waals surface area contributed by atoms with Crippen LogP contribution < -0.4 is 5.32 Å². The van der Waals surface area contributed by atoms with Crippen LogP contribution in [0.3, 0.4) is 0 Å². The van der Waals surface area contributed by atoms with Gasteiger partial charge in [-0.15, -0.1) is 0 Å². The molecule has 0 radical (unpaired) electrons. The maximum atomic E-state index is 13.0. The number of sulfone groups is 1. The predicted molar refractivity (Wildman–Crippen MR) is 98.6 cm³/mol. The fourth-order valence-electron chi connectivity index (χ4n) is 2.69. The van der Waals surface area contributed by atoms with Crippen molar-refractivity contribution in [3.63, 3.8) is 0 Å². The maximum Gasteiger partial charge on any atom is 0.251 e. The summed E-state index contributed by atoms with van der Waals surface area (Å²) in [6.07, 6.45) is 1.42. The van der Waals surface area contributed by atoms with Gasteiger partial charge in [-0.1, -0.05) is 35.9 Å². The normalized spacial score (nSPS) is 12.5. The van der Waals surface area contributed by atoms with Crippen LogP contribution in [0.25, 0.3) is 0 Å². The van der Waals surface area contributed by atoms with Crippen molar-refractivity contribution in [3.05, 3.63) is 89.9 Å². The van der Waals surface area contributed by atoms with Crippen LogP contribution in [-0.4, -0.2) is 20.9 Å². The zero-order valence-electron chi connectivity index (χ0n) is 14.3. The molecule has 1 atom stereocenters. The highest BCUT2D eigenvalue weighted by molar-refractivity contribution is 7.91. The number of furan rings is 1. The lowest BCUT2D eigenvalue weighted by molar-refractivity contribution is 0.0953. The summed E-state index contributed by atoms with van der Waals surface area (Å²) >= 11 is 0. The van der Waals surface area contributed by atoms with Crippen LogP contribution in [0.5, 0.6) is 0 Å². The van der Waals surface area contributed by atoms with Crippen molar-refractivity contribution in [2.75, 3.05) is 6.54 Å². The van der Waals surface area contributed by atoms with Crippen LogP contribution in [0.2, 0.25) is 0 Å². The van der Waals surface area contributed by atoms with Crippen LogP contribution in [-0.2, 0) is 9.84 Å². The Bertz CT molecular complexity index is 980. The highest BCUT2D eigenvalue weighted by Crippen LogP contribution is 2.28. The smallest absolute Gasteiger partial charge is 0.251 e. The van der Waals surface area contributed by atoms with Gasteiger partial charge in [0.25, 0.3) is 5.91 Å². The van der Waals surface area contributed by atoms with E-state index in [2.05, 4.69) is 5.32 Å². The Balaban J connectivity index is 1.85. The Hall–Kier alpha value is -2.86. The summed E-state index contributed by atoms with van der Waals surface area (Å²) in [4.78, 5) is 12.6. The average molecular weight is 369 g/mol. The molecule has 134 valence electrons. The molecule has 26 heavy (non-hydrogen) atoms. The molecule has 0 aliphatic heterocycles. The van der Waals surface area contributed by atoms with Crippen molar-refractivity contribution in [2.24, 2.45) is 0 Å².